The van der Waals surface area contributed by atoms with E-state index in [4.69, 9.17) is 4.74 Å². The predicted octanol–water partition coefficient (Wildman–Crippen LogP) is 1.52. The fourth-order valence-electron chi connectivity index (χ4n) is 2.12. The first-order valence-electron chi connectivity index (χ1n) is 6.11. The normalized spacial score (nSPS) is 18.8. The number of anilines is 1. The maximum Gasteiger partial charge on any atom is 0.322 e. The van der Waals surface area contributed by atoms with Crippen LogP contribution in [0.25, 0.3) is 0 Å². The smallest absolute Gasteiger partial charge is 0.322 e. The van der Waals surface area contributed by atoms with Crippen molar-refractivity contribution < 1.29 is 9.53 Å². The number of para-hydroxylation sites is 2. The van der Waals surface area contributed by atoms with Gasteiger partial charge in [0.05, 0.1) is 12.8 Å². The molecule has 5 nitrogen and oxygen atoms in total. The van der Waals surface area contributed by atoms with E-state index in [9.17, 15) is 4.79 Å². The predicted molar refractivity (Wildman–Crippen MR) is 71.1 cm³/mol. The first-order chi connectivity index (χ1) is 8.74. The third-order valence-corrected chi connectivity index (χ3v) is 3.23. The second-order valence-electron chi connectivity index (χ2n) is 4.35. The summed E-state index contributed by atoms with van der Waals surface area (Å²) < 4.78 is 5.21. The third kappa shape index (κ3) is 2.73. The molecule has 1 atom stereocenters. The Bertz CT molecular complexity index is 422. The largest absolute Gasteiger partial charge is 0.495 e. The van der Waals surface area contributed by atoms with Crippen molar-refractivity contribution in [3.05, 3.63) is 24.3 Å². The molecule has 0 saturated carbocycles. The number of ether oxygens (including phenoxy) is 1. The fraction of sp³-hybridized carbons (Fsp3) is 0.462. The van der Waals surface area contributed by atoms with Crippen LogP contribution in [0.15, 0.2) is 24.3 Å². The lowest BCUT2D eigenvalue weighted by Crippen LogP contribution is -2.36. The van der Waals surface area contributed by atoms with E-state index in [1.807, 2.05) is 36.2 Å². The molecule has 1 aromatic rings. The van der Waals surface area contributed by atoms with E-state index in [1.165, 1.54) is 0 Å². The molecule has 0 aliphatic carbocycles. The van der Waals surface area contributed by atoms with Gasteiger partial charge in [-0.1, -0.05) is 12.1 Å². The molecule has 1 aliphatic heterocycles. The summed E-state index contributed by atoms with van der Waals surface area (Å²) in [5.41, 5.74) is 0.706. The van der Waals surface area contributed by atoms with E-state index in [1.54, 1.807) is 7.11 Å². The molecule has 2 N–H and O–H groups in total. The highest BCUT2D eigenvalue weighted by Gasteiger charge is 2.25. The van der Waals surface area contributed by atoms with Crippen LogP contribution in [-0.2, 0) is 0 Å². The maximum absolute atomic E-state index is 12.1. The fourth-order valence-corrected chi connectivity index (χ4v) is 2.12. The van der Waals surface area contributed by atoms with E-state index in [0.29, 0.717) is 17.5 Å². The van der Waals surface area contributed by atoms with Crippen LogP contribution in [-0.4, -0.2) is 44.2 Å². The van der Waals surface area contributed by atoms with Crippen molar-refractivity contribution >= 4 is 11.7 Å². The molecule has 18 heavy (non-hydrogen) atoms. The van der Waals surface area contributed by atoms with Crippen molar-refractivity contribution in [1.29, 1.82) is 0 Å². The van der Waals surface area contributed by atoms with Crippen LogP contribution >= 0.6 is 0 Å². The second-order valence-corrected chi connectivity index (χ2v) is 4.35. The molecule has 0 aromatic heterocycles. The number of urea groups is 1. The number of amides is 2. The van der Waals surface area contributed by atoms with Crippen LogP contribution in [0.2, 0.25) is 0 Å². The Hall–Kier alpha value is -1.75. The summed E-state index contributed by atoms with van der Waals surface area (Å²) in [7, 11) is 3.52. The number of hydrogen-bond donors (Lipinski definition) is 2. The Labute approximate surface area is 107 Å². The van der Waals surface area contributed by atoms with Crippen LogP contribution in [0.3, 0.4) is 0 Å². The molecule has 1 unspecified atom stereocenters. The number of methoxy groups -OCH3 is 1. The van der Waals surface area contributed by atoms with Gasteiger partial charge in [-0.05, 0) is 25.6 Å². The van der Waals surface area contributed by atoms with Gasteiger partial charge in [-0.2, -0.15) is 0 Å². The summed E-state index contributed by atoms with van der Waals surface area (Å²) in [4.78, 5) is 13.9. The molecule has 1 aliphatic rings. The van der Waals surface area contributed by atoms with E-state index >= 15 is 0 Å². The summed E-state index contributed by atoms with van der Waals surface area (Å²) in [6, 6.07) is 7.74. The van der Waals surface area contributed by atoms with E-state index < -0.39 is 0 Å². The van der Waals surface area contributed by atoms with Gasteiger partial charge in [0.1, 0.15) is 5.75 Å². The Morgan fingerprint density at radius 1 is 1.44 bits per heavy atom. The second kappa shape index (κ2) is 5.73. The molecule has 0 bridgehead atoms. The standard InChI is InChI=1S/C13H19N3O2/c1-14-10-7-8-16(9-10)13(17)15-11-5-3-4-6-12(11)18-2/h3-6,10,14H,7-9H2,1-2H3,(H,15,17). The van der Waals surface area contributed by atoms with Crippen molar-refractivity contribution in [3.8, 4) is 5.75 Å². The molecule has 2 rings (SSSR count). The van der Waals surface area contributed by atoms with Gasteiger partial charge in [-0.3, -0.25) is 0 Å². The minimum Gasteiger partial charge on any atom is -0.495 e. The third-order valence-electron chi connectivity index (χ3n) is 3.23. The molecular weight excluding hydrogens is 230 g/mol. The topological polar surface area (TPSA) is 53.6 Å². The molecule has 1 fully saturated rings. The number of carbonyl (C=O) groups is 1. The first kappa shape index (κ1) is 12.7. The van der Waals surface area contributed by atoms with Crippen molar-refractivity contribution in [2.45, 2.75) is 12.5 Å². The van der Waals surface area contributed by atoms with Gasteiger partial charge < -0.3 is 20.3 Å². The van der Waals surface area contributed by atoms with Crippen molar-refractivity contribution in [3.63, 3.8) is 0 Å². The summed E-state index contributed by atoms with van der Waals surface area (Å²) in [6.45, 7) is 1.53. The highest BCUT2D eigenvalue weighted by Crippen LogP contribution is 2.23. The summed E-state index contributed by atoms with van der Waals surface area (Å²) in [5, 5.41) is 6.07. The lowest BCUT2D eigenvalue weighted by Gasteiger charge is -2.18. The Morgan fingerprint density at radius 2 is 2.22 bits per heavy atom. The van der Waals surface area contributed by atoms with E-state index in [-0.39, 0.29) is 6.03 Å². The molecule has 1 saturated heterocycles. The minimum atomic E-state index is -0.0720. The van der Waals surface area contributed by atoms with Gasteiger partial charge in [0.25, 0.3) is 0 Å². The summed E-state index contributed by atoms with van der Waals surface area (Å²) in [6.07, 6.45) is 0.996. The number of nitrogens with one attached hydrogen (secondary N) is 2. The molecule has 5 heteroatoms. The minimum absolute atomic E-state index is 0.0720. The van der Waals surface area contributed by atoms with Gasteiger partial charge >= 0.3 is 6.03 Å². The van der Waals surface area contributed by atoms with Crippen molar-refractivity contribution in [2.75, 3.05) is 32.6 Å². The number of nitrogens with zero attached hydrogens (tertiary/aromatic N) is 1. The average Bonchev–Trinajstić information content (AvgIpc) is 2.88. The molecule has 1 aromatic carbocycles. The zero-order valence-corrected chi connectivity index (χ0v) is 10.8. The lowest BCUT2D eigenvalue weighted by atomic mass is 10.3. The van der Waals surface area contributed by atoms with Crippen LogP contribution < -0.4 is 15.4 Å². The van der Waals surface area contributed by atoms with Crippen molar-refractivity contribution in [1.82, 2.24) is 10.2 Å². The zero-order valence-electron chi connectivity index (χ0n) is 10.8. The Morgan fingerprint density at radius 3 is 2.89 bits per heavy atom. The highest BCUT2D eigenvalue weighted by atomic mass is 16.5. The molecule has 2 amide bonds. The molecule has 0 spiro atoms. The van der Waals surface area contributed by atoms with Gasteiger partial charge in [0.15, 0.2) is 0 Å². The van der Waals surface area contributed by atoms with E-state index in [0.717, 1.165) is 19.5 Å². The van der Waals surface area contributed by atoms with Gasteiger partial charge in [0.2, 0.25) is 0 Å². The monoisotopic (exact) mass is 249 g/mol. The zero-order chi connectivity index (χ0) is 13.0. The molecule has 0 radical (unpaired) electrons. The maximum atomic E-state index is 12.1. The average molecular weight is 249 g/mol. The van der Waals surface area contributed by atoms with Crippen LogP contribution in [0.4, 0.5) is 10.5 Å². The SMILES string of the molecule is CNC1CCN(C(=O)Nc2ccccc2OC)C1. The van der Waals surface area contributed by atoms with Crippen LogP contribution in [0.1, 0.15) is 6.42 Å². The number of benzene rings is 1. The Balaban J connectivity index is 1.99. The summed E-state index contributed by atoms with van der Waals surface area (Å²) in [5.74, 6) is 0.676. The molecule has 98 valence electrons. The number of hydrogen-bond acceptors (Lipinski definition) is 3. The van der Waals surface area contributed by atoms with E-state index in [2.05, 4.69) is 10.6 Å². The number of rotatable bonds is 3. The number of likely N-dealkylation sites (tertiary alicyclic amines) is 1. The van der Waals surface area contributed by atoms with Gasteiger partial charge in [-0.15, -0.1) is 0 Å². The Kier molecular flexibility index (Phi) is 4.04. The summed E-state index contributed by atoms with van der Waals surface area (Å²) >= 11 is 0. The number of carbonyl (C=O) groups excluding carboxylic acids is 1. The van der Waals surface area contributed by atoms with Gasteiger partial charge in [0, 0.05) is 19.1 Å². The first-order valence-corrected chi connectivity index (χ1v) is 6.11. The molecular formula is C13H19N3O2. The highest BCUT2D eigenvalue weighted by molar-refractivity contribution is 5.91. The lowest BCUT2D eigenvalue weighted by molar-refractivity contribution is 0.221. The van der Waals surface area contributed by atoms with Gasteiger partial charge in [-0.25, -0.2) is 4.79 Å². The number of likely N-dealkylation sites (N-methyl/N-ethyl adjacent to an activating group) is 1. The van der Waals surface area contributed by atoms with Crippen molar-refractivity contribution in [2.24, 2.45) is 0 Å². The van der Waals surface area contributed by atoms with Crippen LogP contribution in [0.5, 0.6) is 5.75 Å². The molecule has 1 heterocycles. The quantitative estimate of drug-likeness (QED) is 0.854. The van der Waals surface area contributed by atoms with Crippen LogP contribution in [0, 0.1) is 0 Å².